The van der Waals surface area contributed by atoms with E-state index in [1.165, 1.54) is 25.7 Å². The number of carboxylic acids is 1. The molecule has 2 N–H and O–H groups in total. The number of hydrogen-bond donors (Lipinski definition) is 2. The molecule has 3 unspecified atom stereocenters. The van der Waals surface area contributed by atoms with Gasteiger partial charge in [0.25, 0.3) is 0 Å². The van der Waals surface area contributed by atoms with Crippen LogP contribution in [0.25, 0.3) is 0 Å². The van der Waals surface area contributed by atoms with Crippen molar-refractivity contribution in [3.8, 4) is 0 Å². The molecule has 1 aliphatic rings. The average Bonchev–Trinajstić information content (AvgIpc) is 2.38. The van der Waals surface area contributed by atoms with Crippen molar-refractivity contribution in [1.82, 2.24) is 0 Å². The van der Waals surface area contributed by atoms with E-state index >= 15 is 0 Å². The maximum Gasteiger partial charge on any atom is 0.335 e. The van der Waals surface area contributed by atoms with Crippen molar-refractivity contribution in [1.29, 1.82) is 0 Å². The Labute approximate surface area is 115 Å². The van der Waals surface area contributed by atoms with Crippen molar-refractivity contribution in [2.75, 3.05) is 5.32 Å². The van der Waals surface area contributed by atoms with Crippen LogP contribution in [0.3, 0.4) is 0 Å². The zero-order valence-corrected chi connectivity index (χ0v) is 11.7. The number of hydrogen-bond acceptors (Lipinski definition) is 2. The van der Waals surface area contributed by atoms with Crippen LogP contribution in [0.5, 0.6) is 0 Å². The molecule has 1 fully saturated rings. The Morgan fingerprint density at radius 3 is 2.84 bits per heavy atom. The van der Waals surface area contributed by atoms with E-state index in [1.807, 2.05) is 6.07 Å². The standard InChI is InChI=1S/C16H23NO2/c1-3-12-7-11(2)8-15(9-12)17-14-6-4-5-13(10-14)16(18)19/h4-6,10-12,15,17H,3,7-9H2,1-2H3,(H,18,19). The molecule has 19 heavy (non-hydrogen) atoms. The minimum Gasteiger partial charge on any atom is -0.478 e. The smallest absolute Gasteiger partial charge is 0.335 e. The molecule has 1 aromatic rings. The lowest BCUT2D eigenvalue weighted by Crippen LogP contribution is -2.31. The summed E-state index contributed by atoms with van der Waals surface area (Å²) in [4.78, 5) is 11.0. The molecular formula is C16H23NO2. The summed E-state index contributed by atoms with van der Waals surface area (Å²) in [6, 6.07) is 7.58. The van der Waals surface area contributed by atoms with Gasteiger partial charge in [0.1, 0.15) is 0 Å². The summed E-state index contributed by atoms with van der Waals surface area (Å²) < 4.78 is 0. The van der Waals surface area contributed by atoms with Gasteiger partial charge >= 0.3 is 5.97 Å². The quantitative estimate of drug-likeness (QED) is 0.861. The maximum atomic E-state index is 11.0. The van der Waals surface area contributed by atoms with E-state index in [0.717, 1.165) is 17.5 Å². The van der Waals surface area contributed by atoms with Crippen LogP contribution < -0.4 is 5.32 Å². The summed E-state index contributed by atoms with van der Waals surface area (Å²) in [6.45, 7) is 4.56. The van der Waals surface area contributed by atoms with E-state index < -0.39 is 5.97 Å². The number of aromatic carboxylic acids is 1. The Morgan fingerprint density at radius 1 is 1.37 bits per heavy atom. The lowest BCUT2D eigenvalue weighted by molar-refractivity contribution is 0.0697. The molecule has 104 valence electrons. The Bertz CT molecular complexity index is 444. The summed E-state index contributed by atoms with van der Waals surface area (Å²) in [5.41, 5.74) is 1.27. The molecule has 3 atom stereocenters. The van der Waals surface area contributed by atoms with Crippen molar-refractivity contribution < 1.29 is 9.90 Å². The molecule has 0 heterocycles. The van der Waals surface area contributed by atoms with Crippen molar-refractivity contribution in [2.45, 2.75) is 45.6 Å². The summed E-state index contributed by atoms with van der Waals surface area (Å²) in [7, 11) is 0. The van der Waals surface area contributed by atoms with E-state index in [4.69, 9.17) is 5.11 Å². The molecular weight excluding hydrogens is 238 g/mol. The van der Waals surface area contributed by atoms with Gasteiger partial charge in [-0.15, -0.1) is 0 Å². The number of carbonyl (C=O) groups is 1. The summed E-state index contributed by atoms with van der Waals surface area (Å²) in [5.74, 6) is 0.676. The number of carboxylic acid groups (broad SMARTS) is 1. The molecule has 0 radical (unpaired) electrons. The van der Waals surface area contributed by atoms with Crippen LogP contribution in [-0.4, -0.2) is 17.1 Å². The SMILES string of the molecule is CCC1CC(C)CC(Nc2cccc(C(=O)O)c2)C1. The van der Waals surface area contributed by atoms with E-state index in [-0.39, 0.29) is 0 Å². The average molecular weight is 261 g/mol. The molecule has 0 aliphatic heterocycles. The van der Waals surface area contributed by atoms with Crippen LogP contribution in [0, 0.1) is 11.8 Å². The molecule has 1 saturated carbocycles. The van der Waals surface area contributed by atoms with Crippen LogP contribution >= 0.6 is 0 Å². The number of nitrogens with one attached hydrogen (secondary N) is 1. The van der Waals surface area contributed by atoms with E-state index in [2.05, 4.69) is 19.2 Å². The van der Waals surface area contributed by atoms with Crippen molar-refractivity contribution in [3.63, 3.8) is 0 Å². The van der Waals surface area contributed by atoms with Gasteiger partial charge in [0.2, 0.25) is 0 Å². The highest BCUT2D eigenvalue weighted by Gasteiger charge is 2.25. The fraction of sp³-hybridized carbons (Fsp3) is 0.562. The van der Waals surface area contributed by atoms with Gasteiger partial charge in [-0.3, -0.25) is 0 Å². The highest BCUT2D eigenvalue weighted by Crippen LogP contribution is 2.32. The second kappa shape index (κ2) is 6.09. The van der Waals surface area contributed by atoms with E-state index in [0.29, 0.717) is 11.6 Å². The Morgan fingerprint density at radius 2 is 2.16 bits per heavy atom. The fourth-order valence-electron chi connectivity index (χ4n) is 3.17. The minimum absolute atomic E-state index is 0.348. The van der Waals surface area contributed by atoms with Crippen LogP contribution in [0.2, 0.25) is 0 Å². The molecule has 1 aromatic carbocycles. The molecule has 2 rings (SSSR count). The van der Waals surface area contributed by atoms with Gasteiger partial charge in [-0.25, -0.2) is 4.79 Å². The third-order valence-electron chi connectivity index (χ3n) is 4.10. The second-order valence-corrected chi connectivity index (χ2v) is 5.81. The lowest BCUT2D eigenvalue weighted by Gasteiger charge is -2.34. The van der Waals surface area contributed by atoms with Crippen molar-refractivity contribution >= 4 is 11.7 Å². The zero-order valence-electron chi connectivity index (χ0n) is 11.7. The first-order valence-electron chi connectivity index (χ1n) is 7.18. The van der Waals surface area contributed by atoms with Gasteiger partial charge in [-0.1, -0.05) is 26.3 Å². The van der Waals surface area contributed by atoms with Gasteiger partial charge in [-0.05, 0) is 49.3 Å². The van der Waals surface area contributed by atoms with Gasteiger partial charge in [-0.2, -0.15) is 0 Å². The van der Waals surface area contributed by atoms with Crippen molar-refractivity contribution in [3.05, 3.63) is 29.8 Å². The van der Waals surface area contributed by atoms with E-state index in [1.54, 1.807) is 18.2 Å². The minimum atomic E-state index is -0.868. The second-order valence-electron chi connectivity index (χ2n) is 5.81. The van der Waals surface area contributed by atoms with Gasteiger partial charge < -0.3 is 10.4 Å². The van der Waals surface area contributed by atoms with Crippen LogP contribution in [-0.2, 0) is 0 Å². The lowest BCUT2D eigenvalue weighted by atomic mass is 9.78. The van der Waals surface area contributed by atoms with E-state index in [9.17, 15) is 4.79 Å². The van der Waals surface area contributed by atoms with Crippen LogP contribution in [0.4, 0.5) is 5.69 Å². The normalized spacial score (nSPS) is 26.9. The Hall–Kier alpha value is -1.51. The molecule has 0 saturated heterocycles. The predicted octanol–water partition coefficient (Wildman–Crippen LogP) is 4.01. The summed E-state index contributed by atoms with van der Waals surface area (Å²) >= 11 is 0. The van der Waals surface area contributed by atoms with Crippen molar-refractivity contribution in [2.24, 2.45) is 11.8 Å². The topological polar surface area (TPSA) is 49.3 Å². The first kappa shape index (κ1) is 13.9. The van der Waals surface area contributed by atoms with Crippen LogP contribution in [0.15, 0.2) is 24.3 Å². The summed E-state index contributed by atoms with van der Waals surface area (Å²) in [5, 5.41) is 12.5. The van der Waals surface area contributed by atoms with Crippen LogP contribution in [0.1, 0.15) is 49.9 Å². The molecule has 0 amide bonds. The maximum absolute atomic E-state index is 11.0. The van der Waals surface area contributed by atoms with Gasteiger partial charge in [0, 0.05) is 11.7 Å². The third-order valence-corrected chi connectivity index (χ3v) is 4.10. The summed E-state index contributed by atoms with van der Waals surface area (Å²) in [6.07, 6.45) is 4.92. The molecule has 3 heteroatoms. The Balaban J connectivity index is 2.03. The number of benzene rings is 1. The first-order chi connectivity index (χ1) is 9.08. The molecule has 0 aromatic heterocycles. The molecule has 0 bridgehead atoms. The van der Waals surface area contributed by atoms with Gasteiger partial charge in [0.05, 0.1) is 5.56 Å². The highest BCUT2D eigenvalue weighted by molar-refractivity contribution is 5.88. The molecule has 0 spiro atoms. The largest absolute Gasteiger partial charge is 0.478 e. The number of rotatable bonds is 4. The fourth-order valence-corrected chi connectivity index (χ4v) is 3.17. The van der Waals surface area contributed by atoms with Gasteiger partial charge in [0.15, 0.2) is 0 Å². The third kappa shape index (κ3) is 3.72. The monoisotopic (exact) mass is 261 g/mol. The first-order valence-corrected chi connectivity index (χ1v) is 7.18. The zero-order chi connectivity index (χ0) is 13.8. The molecule has 3 nitrogen and oxygen atoms in total. The number of anilines is 1. The predicted molar refractivity (Wildman–Crippen MR) is 77.6 cm³/mol. The highest BCUT2D eigenvalue weighted by atomic mass is 16.4. The molecule has 1 aliphatic carbocycles. The Kier molecular flexibility index (Phi) is 4.46.